The average molecular weight is 443 g/mol. The van der Waals surface area contributed by atoms with Crippen molar-refractivity contribution in [3.05, 3.63) is 57.9 Å². The van der Waals surface area contributed by atoms with Crippen LogP contribution >= 0.6 is 11.3 Å². The average Bonchev–Trinajstić information content (AvgIpc) is 3.37. The fourth-order valence-corrected chi connectivity index (χ4v) is 3.55. The van der Waals surface area contributed by atoms with Crippen LogP contribution in [0.4, 0.5) is 0 Å². The zero-order valence-electron chi connectivity index (χ0n) is 17.3. The maximum absolute atomic E-state index is 12.5. The molecule has 3 aromatic rings. The van der Waals surface area contributed by atoms with E-state index in [1.807, 2.05) is 32.2 Å². The fraction of sp³-hybridized carbons (Fsp3) is 0.300. The number of amides is 2. The van der Waals surface area contributed by atoms with E-state index in [0.717, 1.165) is 5.69 Å². The van der Waals surface area contributed by atoms with Crippen molar-refractivity contribution in [1.82, 2.24) is 30.6 Å². The molecule has 0 aliphatic carbocycles. The Hall–Kier alpha value is -3.60. The van der Waals surface area contributed by atoms with Crippen LogP contribution in [-0.2, 0) is 20.7 Å². The molecule has 0 spiro atoms. The van der Waals surface area contributed by atoms with Crippen molar-refractivity contribution in [3.63, 3.8) is 0 Å². The smallest absolute Gasteiger partial charge is 0.342 e. The molecule has 3 heterocycles. The summed E-state index contributed by atoms with van der Waals surface area (Å²) in [4.78, 5) is 44.8. The van der Waals surface area contributed by atoms with Gasteiger partial charge in [0.2, 0.25) is 5.91 Å². The van der Waals surface area contributed by atoms with Gasteiger partial charge in [-0.2, -0.15) is 5.10 Å². The summed E-state index contributed by atoms with van der Waals surface area (Å²) in [6.45, 7) is 5.11. The predicted molar refractivity (Wildman–Crippen MR) is 113 cm³/mol. The lowest BCUT2D eigenvalue weighted by molar-refractivity contribution is -0.130. The number of hydrazine groups is 1. The first-order valence-electron chi connectivity index (χ1n) is 9.50. The molecular weight excluding hydrogens is 420 g/mol. The van der Waals surface area contributed by atoms with Gasteiger partial charge >= 0.3 is 5.97 Å². The molecule has 2 N–H and O–H groups in total. The van der Waals surface area contributed by atoms with Crippen molar-refractivity contribution in [2.45, 2.75) is 33.1 Å². The Labute approximate surface area is 182 Å². The summed E-state index contributed by atoms with van der Waals surface area (Å²) in [5, 5.41) is 6.72. The number of thiazole rings is 1. The lowest BCUT2D eigenvalue weighted by Gasteiger charge is -2.12. The minimum Gasteiger partial charge on any atom is -0.452 e. The molecule has 0 aromatic carbocycles. The number of rotatable bonds is 7. The molecule has 0 aliphatic rings. The first-order chi connectivity index (χ1) is 14.8. The van der Waals surface area contributed by atoms with Gasteiger partial charge in [-0.1, -0.05) is 19.9 Å². The minimum absolute atomic E-state index is 0.0447. The molecule has 0 bridgehead atoms. The molecule has 0 unspecified atom stereocenters. The van der Waals surface area contributed by atoms with Crippen LogP contribution in [0.3, 0.4) is 0 Å². The van der Waals surface area contributed by atoms with Crippen molar-refractivity contribution < 1.29 is 19.1 Å². The van der Waals surface area contributed by atoms with E-state index in [2.05, 4.69) is 25.9 Å². The Morgan fingerprint density at radius 3 is 2.61 bits per heavy atom. The second kappa shape index (κ2) is 9.94. The van der Waals surface area contributed by atoms with Gasteiger partial charge in [0.25, 0.3) is 5.91 Å². The van der Waals surface area contributed by atoms with E-state index in [1.54, 1.807) is 23.0 Å². The summed E-state index contributed by atoms with van der Waals surface area (Å²) < 4.78 is 6.67. The monoisotopic (exact) mass is 442 g/mol. The third-order valence-electron chi connectivity index (χ3n) is 4.09. The molecule has 2 amide bonds. The standard InChI is InChI=1S/C20H22N6O4S/c1-12(2)19-14(9-22-26(19)15-6-4-5-7-21-15)20(29)30-10-17(28)25-24-16(27)8-18-23-13(3)11-31-18/h4-7,9,11-12H,8,10H2,1-3H3,(H,24,27)(H,25,28). The van der Waals surface area contributed by atoms with Crippen LogP contribution in [-0.4, -0.2) is 44.1 Å². The van der Waals surface area contributed by atoms with E-state index in [9.17, 15) is 14.4 Å². The summed E-state index contributed by atoms with van der Waals surface area (Å²) in [6.07, 6.45) is 3.07. The van der Waals surface area contributed by atoms with E-state index >= 15 is 0 Å². The summed E-state index contributed by atoms with van der Waals surface area (Å²) in [5.74, 6) is -1.26. The van der Waals surface area contributed by atoms with E-state index < -0.39 is 24.4 Å². The van der Waals surface area contributed by atoms with Crippen molar-refractivity contribution >= 4 is 29.1 Å². The highest BCUT2D eigenvalue weighted by Crippen LogP contribution is 2.22. The highest BCUT2D eigenvalue weighted by Gasteiger charge is 2.23. The largest absolute Gasteiger partial charge is 0.452 e. The van der Waals surface area contributed by atoms with Crippen LogP contribution in [0.15, 0.2) is 36.0 Å². The van der Waals surface area contributed by atoms with Gasteiger partial charge in [-0.25, -0.2) is 19.4 Å². The second-order valence-electron chi connectivity index (χ2n) is 6.93. The lowest BCUT2D eigenvalue weighted by atomic mass is 10.1. The first-order valence-corrected chi connectivity index (χ1v) is 10.4. The molecule has 11 heteroatoms. The number of pyridine rings is 1. The predicted octanol–water partition coefficient (Wildman–Crippen LogP) is 1.70. The van der Waals surface area contributed by atoms with Gasteiger partial charge in [-0.05, 0) is 25.0 Å². The number of hydrogen-bond acceptors (Lipinski definition) is 8. The number of carbonyl (C=O) groups is 3. The Balaban J connectivity index is 1.55. The highest BCUT2D eigenvalue weighted by atomic mass is 32.1. The summed E-state index contributed by atoms with van der Waals surface area (Å²) in [5.41, 5.74) is 6.18. The molecule has 0 radical (unpaired) electrons. The summed E-state index contributed by atoms with van der Waals surface area (Å²) in [7, 11) is 0. The Morgan fingerprint density at radius 1 is 1.19 bits per heavy atom. The Kier molecular flexibility index (Phi) is 7.08. The Bertz CT molecular complexity index is 1080. The van der Waals surface area contributed by atoms with Crippen molar-refractivity contribution in [3.8, 4) is 5.82 Å². The second-order valence-corrected chi connectivity index (χ2v) is 7.87. The number of ether oxygens (including phenoxy) is 1. The highest BCUT2D eigenvalue weighted by molar-refractivity contribution is 7.09. The maximum atomic E-state index is 12.5. The molecule has 10 nitrogen and oxygen atoms in total. The summed E-state index contributed by atoms with van der Waals surface area (Å²) >= 11 is 1.36. The number of esters is 1. The van der Waals surface area contributed by atoms with Gasteiger partial charge in [0, 0.05) is 17.3 Å². The zero-order chi connectivity index (χ0) is 22.4. The molecule has 0 saturated carbocycles. The van der Waals surface area contributed by atoms with Crippen LogP contribution in [0, 0.1) is 6.92 Å². The minimum atomic E-state index is -0.689. The lowest BCUT2D eigenvalue weighted by Crippen LogP contribution is -2.44. The van der Waals surface area contributed by atoms with Gasteiger partial charge in [0.1, 0.15) is 10.6 Å². The van der Waals surface area contributed by atoms with Crippen LogP contribution in [0.2, 0.25) is 0 Å². The molecule has 0 aliphatic heterocycles. The molecule has 3 aromatic heterocycles. The number of nitrogens with zero attached hydrogens (tertiary/aromatic N) is 4. The van der Waals surface area contributed by atoms with E-state index in [1.165, 1.54) is 17.5 Å². The van der Waals surface area contributed by atoms with Crippen LogP contribution < -0.4 is 10.9 Å². The third-order valence-corrected chi connectivity index (χ3v) is 5.06. The number of aromatic nitrogens is 4. The quantitative estimate of drug-likeness (QED) is 0.421. The van der Waals surface area contributed by atoms with E-state index in [4.69, 9.17) is 4.74 Å². The Morgan fingerprint density at radius 2 is 1.97 bits per heavy atom. The SMILES string of the molecule is Cc1csc(CC(=O)NNC(=O)COC(=O)c2cnn(-c3ccccn3)c2C(C)C)n1. The topological polar surface area (TPSA) is 128 Å². The van der Waals surface area contributed by atoms with Gasteiger partial charge < -0.3 is 4.74 Å². The van der Waals surface area contributed by atoms with Gasteiger partial charge in [-0.15, -0.1) is 11.3 Å². The first kappa shape index (κ1) is 22.1. The van der Waals surface area contributed by atoms with Crippen LogP contribution in [0.5, 0.6) is 0 Å². The molecule has 0 saturated heterocycles. The van der Waals surface area contributed by atoms with Gasteiger partial charge in [0.05, 0.1) is 18.3 Å². The molecule has 31 heavy (non-hydrogen) atoms. The molecule has 0 atom stereocenters. The molecular formula is C20H22N6O4S. The van der Waals surface area contributed by atoms with Gasteiger partial charge in [0.15, 0.2) is 12.4 Å². The normalized spacial score (nSPS) is 10.7. The number of aryl methyl sites for hydroxylation is 1. The fourth-order valence-electron chi connectivity index (χ4n) is 2.78. The maximum Gasteiger partial charge on any atom is 0.342 e. The summed E-state index contributed by atoms with van der Waals surface area (Å²) in [6, 6.07) is 5.38. The molecule has 162 valence electrons. The van der Waals surface area contributed by atoms with Gasteiger partial charge in [-0.3, -0.25) is 20.4 Å². The van der Waals surface area contributed by atoms with Crippen LogP contribution in [0.25, 0.3) is 5.82 Å². The number of carbonyl (C=O) groups excluding carboxylic acids is 3. The third kappa shape index (κ3) is 5.72. The van der Waals surface area contributed by atoms with Crippen molar-refractivity contribution in [2.24, 2.45) is 0 Å². The van der Waals surface area contributed by atoms with E-state index in [-0.39, 0.29) is 17.9 Å². The van der Waals surface area contributed by atoms with Crippen molar-refractivity contribution in [2.75, 3.05) is 6.61 Å². The number of hydrogen-bond donors (Lipinski definition) is 2. The molecule has 3 rings (SSSR count). The zero-order valence-corrected chi connectivity index (χ0v) is 18.1. The van der Waals surface area contributed by atoms with E-state index in [0.29, 0.717) is 16.5 Å². The molecule has 0 fully saturated rings. The van der Waals surface area contributed by atoms with Crippen LogP contribution in [0.1, 0.15) is 46.5 Å². The number of nitrogens with one attached hydrogen (secondary N) is 2. The van der Waals surface area contributed by atoms with Crippen molar-refractivity contribution in [1.29, 1.82) is 0 Å².